The lowest BCUT2D eigenvalue weighted by Crippen LogP contribution is -2.43. The number of carbonyl (C=O) groups is 1. The number of piperidine rings is 1. The minimum atomic E-state index is -0.148. The van der Waals surface area contributed by atoms with Crippen LogP contribution in [0.2, 0.25) is 5.02 Å². The molecule has 0 aromatic heterocycles. The molecule has 2 amide bonds. The van der Waals surface area contributed by atoms with Gasteiger partial charge in [0.15, 0.2) is 0 Å². The van der Waals surface area contributed by atoms with E-state index in [0.29, 0.717) is 17.3 Å². The maximum Gasteiger partial charge on any atom is 0.321 e. The number of benzene rings is 1. The second kappa shape index (κ2) is 6.26. The molecule has 0 spiro atoms. The highest BCUT2D eigenvalue weighted by Gasteiger charge is 2.23. The number of carbonyl (C=O) groups excluding carboxylic acids is 1. The van der Waals surface area contributed by atoms with E-state index >= 15 is 0 Å². The number of aryl methyl sites for hydroxylation is 1. The molecule has 2 N–H and O–H groups in total. The average molecular weight is 283 g/mol. The van der Waals surface area contributed by atoms with Crippen LogP contribution in [0.1, 0.15) is 18.4 Å². The standard InChI is InChI=1S/C14H19ClN2O2/c1-10-4-5-12(15)13(7-10)16-14(19)17-6-2-3-11(8-17)9-18/h4-5,7,11,18H,2-3,6,8-9H2,1H3,(H,16,19). The first-order chi connectivity index (χ1) is 9.10. The van der Waals surface area contributed by atoms with Crippen LogP contribution in [-0.2, 0) is 0 Å². The van der Waals surface area contributed by atoms with Crippen LogP contribution >= 0.6 is 11.6 Å². The van der Waals surface area contributed by atoms with E-state index in [2.05, 4.69) is 5.32 Å². The second-order valence-electron chi connectivity index (χ2n) is 5.05. The van der Waals surface area contributed by atoms with Gasteiger partial charge in [0.05, 0.1) is 10.7 Å². The normalized spacial score (nSPS) is 19.3. The lowest BCUT2D eigenvalue weighted by molar-refractivity contribution is 0.136. The zero-order chi connectivity index (χ0) is 13.8. The van der Waals surface area contributed by atoms with Crippen molar-refractivity contribution >= 4 is 23.3 Å². The van der Waals surface area contributed by atoms with Crippen LogP contribution in [0.25, 0.3) is 0 Å². The molecule has 5 heteroatoms. The number of nitrogens with one attached hydrogen (secondary N) is 1. The number of nitrogens with zero attached hydrogens (tertiary/aromatic N) is 1. The number of anilines is 1. The molecule has 19 heavy (non-hydrogen) atoms. The fraction of sp³-hybridized carbons (Fsp3) is 0.500. The molecular weight excluding hydrogens is 264 g/mol. The van der Waals surface area contributed by atoms with E-state index in [1.54, 1.807) is 11.0 Å². The summed E-state index contributed by atoms with van der Waals surface area (Å²) in [6.07, 6.45) is 1.91. The summed E-state index contributed by atoms with van der Waals surface area (Å²) < 4.78 is 0. The van der Waals surface area contributed by atoms with Gasteiger partial charge in [0.25, 0.3) is 0 Å². The Morgan fingerprint density at radius 2 is 2.37 bits per heavy atom. The van der Waals surface area contributed by atoms with Crippen molar-refractivity contribution in [1.29, 1.82) is 0 Å². The molecule has 2 rings (SSSR count). The van der Waals surface area contributed by atoms with Gasteiger partial charge in [-0.3, -0.25) is 0 Å². The Kier molecular flexibility index (Phi) is 4.66. The molecule has 1 aromatic rings. The van der Waals surface area contributed by atoms with E-state index in [1.807, 2.05) is 19.1 Å². The molecule has 1 unspecified atom stereocenters. The van der Waals surface area contributed by atoms with Crippen LogP contribution in [0.5, 0.6) is 0 Å². The van der Waals surface area contributed by atoms with Crippen LogP contribution in [0.3, 0.4) is 0 Å². The number of hydrogen-bond donors (Lipinski definition) is 2. The van der Waals surface area contributed by atoms with E-state index in [1.165, 1.54) is 0 Å². The summed E-state index contributed by atoms with van der Waals surface area (Å²) in [7, 11) is 0. The van der Waals surface area contributed by atoms with Gasteiger partial charge in [-0.05, 0) is 43.4 Å². The number of aliphatic hydroxyl groups is 1. The van der Waals surface area contributed by atoms with E-state index in [-0.39, 0.29) is 18.6 Å². The Labute approximate surface area is 118 Å². The number of rotatable bonds is 2. The molecule has 0 radical (unpaired) electrons. The van der Waals surface area contributed by atoms with Crippen molar-refractivity contribution in [2.24, 2.45) is 5.92 Å². The molecule has 0 bridgehead atoms. The number of likely N-dealkylation sites (tertiary alicyclic amines) is 1. The highest BCUT2D eigenvalue weighted by molar-refractivity contribution is 6.33. The van der Waals surface area contributed by atoms with Gasteiger partial charge in [0, 0.05) is 19.7 Å². The van der Waals surface area contributed by atoms with Crippen molar-refractivity contribution in [1.82, 2.24) is 4.90 Å². The summed E-state index contributed by atoms with van der Waals surface area (Å²) in [5, 5.41) is 12.6. The predicted molar refractivity (Wildman–Crippen MR) is 76.6 cm³/mol. The van der Waals surface area contributed by atoms with Crippen molar-refractivity contribution in [3.63, 3.8) is 0 Å². The Balaban J connectivity index is 2.02. The van der Waals surface area contributed by atoms with Crippen LogP contribution in [0.15, 0.2) is 18.2 Å². The summed E-state index contributed by atoms with van der Waals surface area (Å²) in [5.74, 6) is 0.187. The summed E-state index contributed by atoms with van der Waals surface area (Å²) in [6, 6.07) is 5.39. The summed E-state index contributed by atoms with van der Waals surface area (Å²) in [4.78, 5) is 13.9. The van der Waals surface area contributed by atoms with E-state index < -0.39 is 0 Å². The third kappa shape index (κ3) is 3.61. The number of amides is 2. The monoisotopic (exact) mass is 282 g/mol. The zero-order valence-electron chi connectivity index (χ0n) is 11.0. The van der Waals surface area contributed by atoms with Crippen LogP contribution in [0, 0.1) is 12.8 Å². The Morgan fingerprint density at radius 1 is 1.58 bits per heavy atom. The molecule has 1 heterocycles. The van der Waals surface area contributed by atoms with Gasteiger partial charge < -0.3 is 15.3 Å². The maximum atomic E-state index is 12.2. The van der Waals surface area contributed by atoms with Gasteiger partial charge in [0.2, 0.25) is 0 Å². The molecule has 0 saturated carbocycles. The number of urea groups is 1. The number of aliphatic hydroxyl groups excluding tert-OH is 1. The summed E-state index contributed by atoms with van der Waals surface area (Å²) in [6.45, 7) is 3.42. The van der Waals surface area contributed by atoms with Crippen molar-refractivity contribution in [2.75, 3.05) is 25.0 Å². The first kappa shape index (κ1) is 14.2. The topological polar surface area (TPSA) is 52.6 Å². The second-order valence-corrected chi connectivity index (χ2v) is 5.46. The Hall–Kier alpha value is -1.26. The van der Waals surface area contributed by atoms with Crippen molar-refractivity contribution in [3.8, 4) is 0 Å². The molecule has 1 fully saturated rings. The molecule has 1 aromatic carbocycles. The maximum absolute atomic E-state index is 12.2. The van der Waals surface area contributed by atoms with E-state index in [0.717, 1.165) is 24.9 Å². The van der Waals surface area contributed by atoms with Crippen molar-refractivity contribution in [2.45, 2.75) is 19.8 Å². The van der Waals surface area contributed by atoms with Crippen molar-refractivity contribution in [3.05, 3.63) is 28.8 Å². The Morgan fingerprint density at radius 3 is 3.11 bits per heavy atom. The minimum Gasteiger partial charge on any atom is -0.396 e. The van der Waals surface area contributed by atoms with Gasteiger partial charge in [-0.1, -0.05) is 17.7 Å². The molecule has 0 aliphatic carbocycles. The molecule has 1 saturated heterocycles. The van der Waals surface area contributed by atoms with Crippen LogP contribution in [-0.4, -0.2) is 35.7 Å². The number of hydrogen-bond acceptors (Lipinski definition) is 2. The van der Waals surface area contributed by atoms with Gasteiger partial charge in [-0.25, -0.2) is 4.79 Å². The quantitative estimate of drug-likeness (QED) is 0.876. The predicted octanol–water partition coefficient (Wildman–Crippen LogP) is 2.88. The highest BCUT2D eigenvalue weighted by Crippen LogP contribution is 2.24. The fourth-order valence-electron chi connectivity index (χ4n) is 2.33. The minimum absolute atomic E-state index is 0.134. The molecule has 1 aliphatic heterocycles. The van der Waals surface area contributed by atoms with E-state index in [4.69, 9.17) is 11.6 Å². The average Bonchev–Trinajstić information content (AvgIpc) is 2.43. The van der Waals surface area contributed by atoms with Crippen molar-refractivity contribution < 1.29 is 9.90 Å². The first-order valence-corrected chi connectivity index (χ1v) is 6.91. The van der Waals surface area contributed by atoms with Crippen LogP contribution < -0.4 is 5.32 Å². The molecule has 1 aliphatic rings. The summed E-state index contributed by atoms with van der Waals surface area (Å²) in [5.41, 5.74) is 1.68. The van der Waals surface area contributed by atoms with Gasteiger partial charge in [-0.15, -0.1) is 0 Å². The fourth-order valence-corrected chi connectivity index (χ4v) is 2.49. The zero-order valence-corrected chi connectivity index (χ0v) is 11.8. The van der Waals surface area contributed by atoms with Gasteiger partial charge in [-0.2, -0.15) is 0 Å². The lowest BCUT2D eigenvalue weighted by Gasteiger charge is -2.31. The largest absolute Gasteiger partial charge is 0.396 e. The molecule has 4 nitrogen and oxygen atoms in total. The lowest BCUT2D eigenvalue weighted by atomic mass is 9.99. The Bertz CT molecular complexity index is 465. The SMILES string of the molecule is Cc1ccc(Cl)c(NC(=O)N2CCCC(CO)C2)c1. The highest BCUT2D eigenvalue weighted by atomic mass is 35.5. The smallest absolute Gasteiger partial charge is 0.321 e. The molecule has 104 valence electrons. The van der Waals surface area contributed by atoms with Crippen LogP contribution in [0.4, 0.5) is 10.5 Å². The van der Waals surface area contributed by atoms with Gasteiger partial charge >= 0.3 is 6.03 Å². The third-order valence-electron chi connectivity index (χ3n) is 3.43. The van der Waals surface area contributed by atoms with E-state index in [9.17, 15) is 9.90 Å². The van der Waals surface area contributed by atoms with Gasteiger partial charge in [0.1, 0.15) is 0 Å². The molecular formula is C14H19ClN2O2. The summed E-state index contributed by atoms with van der Waals surface area (Å²) >= 11 is 6.06. The first-order valence-electron chi connectivity index (χ1n) is 6.53. The number of halogens is 1. The molecule has 1 atom stereocenters. The third-order valence-corrected chi connectivity index (χ3v) is 3.76.